The summed E-state index contributed by atoms with van der Waals surface area (Å²) in [5.74, 6) is -0.917. The van der Waals surface area contributed by atoms with Crippen molar-refractivity contribution in [1.82, 2.24) is 24.8 Å². The van der Waals surface area contributed by atoms with Gasteiger partial charge in [-0.05, 0) is 38.1 Å². The summed E-state index contributed by atoms with van der Waals surface area (Å²) in [5, 5.41) is 27.0. The van der Waals surface area contributed by atoms with Gasteiger partial charge in [-0.2, -0.15) is 0 Å². The Morgan fingerprint density at radius 2 is 2.06 bits per heavy atom. The molecule has 2 heterocycles. The average Bonchev–Trinajstić information content (AvgIpc) is 3.26. The van der Waals surface area contributed by atoms with Crippen LogP contribution in [0.1, 0.15) is 48.3 Å². The molecule has 10 nitrogen and oxygen atoms in total. The van der Waals surface area contributed by atoms with Crippen LogP contribution in [0, 0.1) is 5.92 Å². The number of aromatic nitrogens is 3. The van der Waals surface area contributed by atoms with Crippen molar-refractivity contribution in [2.45, 2.75) is 58.5 Å². The van der Waals surface area contributed by atoms with Gasteiger partial charge in [0.15, 0.2) is 0 Å². The molecular formula is C24H35N5O5. The van der Waals surface area contributed by atoms with Crippen LogP contribution in [0.3, 0.4) is 0 Å². The molecule has 0 unspecified atom stereocenters. The number of carboxylic acids is 1. The Labute approximate surface area is 200 Å². The molecule has 10 heteroatoms. The summed E-state index contributed by atoms with van der Waals surface area (Å²) < 4.78 is 8.13. The van der Waals surface area contributed by atoms with Gasteiger partial charge in [0.2, 0.25) is 5.91 Å². The number of carbonyl (C=O) groups excluding carboxylic acids is 1. The second kappa shape index (κ2) is 12.0. The molecule has 0 bridgehead atoms. The SMILES string of the molecule is C[C@H]1CN([C@@H](C)CO)C(=O)CCCn2nncc2CO[C@H]1CN(C)Cc1ccc(C(=O)O)cc1. The molecule has 0 aliphatic carbocycles. The average molecular weight is 474 g/mol. The highest BCUT2D eigenvalue weighted by molar-refractivity contribution is 5.87. The van der Waals surface area contributed by atoms with Crippen molar-refractivity contribution in [3.63, 3.8) is 0 Å². The molecule has 0 fully saturated rings. The summed E-state index contributed by atoms with van der Waals surface area (Å²) in [7, 11) is 1.99. The van der Waals surface area contributed by atoms with Crippen molar-refractivity contribution < 1.29 is 24.5 Å². The molecule has 3 rings (SSSR count). The summed E-state index contributed by atoms with van der Waals surface area (Å²) in [6.45, 7) is 6.50. The summed E-state index contributed by atoms with van der Waals surface area (Å²) in [6.07, 6.45) is 2.54. The number of aliphatic hydroxyl groups excluding tert-OH is 1. The zero-order valence-corrected chi connectivity index (χ0v) is 20.1. The van der Waals surface area contributed by atoms with Crippen molar-refractivity contribution in [3.05, 3.63) is 47.3 Å². The van der Waals surface area contributed by atoms with Crippen molar-refractivity contribution in [3.8, 4) is 0 Å². The molecule has 34 heavy (non-hydrogen) atoms. The fourth-order valence-corrected chi connectivity index (χ4v) is 4.18. The number of hydrogen-bond acceptors (Lipinski definition) is 7. The van der Waals surface area contributed by atoms with E-state index in [1.807, 2.05) is 26.1 Å². The van der Waals surface area contributed by atoms with E-state index in [-0.39, 0.29) is 36.1 Å². The van der Waals surface area contributed by atoms with E-state index in [0.29, 0.717) is 45.6 Å². The molecule has 2 N–H and O–H groups in total. The first kappa shape index (κ1) is 25.8. The number of nitrogens with zero attached hydrogens (tertiary/aromatic N) is 5. The Morgan fingerprint density at radius 3 is 2.74 bits per heavy atom. The van der Waals surface area contributed by atoms with Gasteiger partial charge in [-0.1, -0.05) is 24.3 Å². The quantitative estimate of drug-likeness (QED) is 0.623. The first-order chi connectivity index (χ1) is 16.3. The first-order valence-electron chi connectivity index (χ1n) is 11.7. The molecule has 1 aliphatic heterocycles. The summed E-state index contributed by atoms with van der Waals surface area (Å²) in [6, 6.07) is 6.58. The van der Waals surface area contributed by atoms with Gasteiger partial charge in [-0.25, -0.2) is 9.48 Å². The van der Waals surface area contributed by atoms with Gasteiger partial charge in [0.1, 0.15) is 0 Å². The summed E-state index contributed by atoms with van der Waals surface area (Å²) in [5.41, 5.74) is 2.13. The number of fused-ring (bicyclic) bond motifs is 1. The van der Waals surface area contributed by atoms with Crippen molar-refractivity contribution >= 4 is 11.9 Å². The third-order valence-electron chi connectivity index (χ3n) is 6.28. The number of rotatable bonds is 7. The largest absolute Gasteiger partial charge is 0.478 e. The minimum Gasteiger partial charge on any atom is -0.478 e. The number of benzene rings is 1. The van der Waals surface area contributed by atoms with Crippen LogP contribution in [0.15, 0.2) is 30.5 Å². The maximum atomic E-state index is 12.9. The van der Waals surface area contributed by atoms with E-state index in [1.165, 1.54) is 0 Å². The molecule has 0 spiro atoms. The number of ether oxygens (including phenoxy) is 1. The number of likely N-dealkylation sites (N-methyl/N-ethyl adjacent to an activating group) is 1. The number of hydrogen-bond donors (Lipinski definition) is 2. The van der Waals surface area contributed by atoms with Gasteiger partial charge in [-0.3, -0.25) is 9.69 Å². The Bertz CT molecular complexity index is 947. The van der Waals surface area contributed by atoms with Crippen LogP contribution < -0.4 is 0 Å². The third-order valence-corrected chi connectivity index (χ3v) is 6.28. The lowest BCUT2D eigenvalue weighted by Gasteiger charge is -2.35. The molecule has 0 radical (unpaired) electrons. The number of amides is 1. The molecule has 1 aliphatic rings. The molecule has 3 atom stereocenters. The Balaban J connectivity index is 1.75. The van der Waals surface area contributed by atoms with Crippen molar-refractivity contribution in [2.75, 3.05) is 26.7 Å². The van der Waals surface area contributed by atoms with Crippen LogP contribution in [-0.2, 0) is 29.2 Å². The molecule has 0 saturated carbocycles. The lowest BCUT2D eigenvalue weighted by molar-refractivity contribution is -0.136. The monoisotopic (exact) mass is 473 g/mol. The zero-order chi connectivity index (χ0) is 24.7. The van der Waals surface area contributed by atoms with Crippen LogP contribution >= 0.6 is 0 Å². The molecule has 186 valence electrons. The smallest absolute Gasteiger partial charge is 0.335 e. The second-order valence-corrected chi connectivity index (χ2v) is 9.16. The first-order valence-corrected chi connectivity index (χ1v) is 11.7. The highest BCUT2D eigenvalue weighted by atomic mass is 16.5. The van der Waals surface area contributed by atoms with E-state index in [2.05, 4.69) is 22.1 Å². The molecule has 0 saturated heterocycles. The van der Waals surface area contributed by atoms with Crippen LogP contribution in [0.25, 0.3) is 0 Å². The van der Waals surface area contributed by atoms with Gasteiger partial charge >= 0.3 is 5.97 Å². The predicted molar refractivity (Wildman–Crippen MR) is 125 cm³/mol. The van der Waals surface area contributed by atoms with E-state index in [4.69, 9.17) is 9.84 Å². The van der Waals surface area contributed by atoms with Gasteiger partial charge < -0.3 is 19.8 Å². The minimum absolute atomic E-state index is 0.0125. The van der Waals surface area contributed by atoms with Gasteiger partial charge in [0.05, 0.1) is 42.8 Å². The van der Waals surface area contributed by atoms with Gasteiger partial charge in [0, 0.05) is 38.5 Å². The second-order valence-electron chi connectivity index (χ2n) is 9.16. The minimum atomic E-state index is -0.944. The van der Waals surface area contributed by atoms with Crippen LogP contribution in [0.4, 0.5) is 0 Å². The normalized spacial score (nSPS) is 21.0. The molecule has 1 aromatic carbocycles. The molecule has 1 aromatic heterocycles. The van der Waals surface area contributed by atoms with E-state index in [0.717, 1.165) is 11.3 Å². The van der Waals surface area contributed by atoms with E-state index < -0.39 is 5.97 Å². The van der Waals surface area contributed by atoms with Crippen LogP contribution in [-0.4, -0.2) is 85.8 Å². The lowest BCUT2D eigenvalue weighted by Crippen LogP contribution is -2.47. The molecular weight excluding hydrogens is 438 g/mol. The van der Waals surface area contributed by atoms with E-state index >= 15 is 0 Å². The number of aryl methyl sites for hydroxylation is 1. The van der Waals surface area contributed by atoms with Gasteiger partial charge in [0.25, 0.3) is 0 Å². The number of aromatic carboxylic acids is 1. The maximum absolute atomic E-state index is 12.9. The fraction of sp³-hybridized carbons (Fsp3) is 0.583. The number of aliphatic hydroxyl groups is 1. The summed E-state index contributed by atoms with van der Waals surface area (Å²) in [4.78, 5) is 27.9. The van der Waals surface area contributed by atoms with Crippen LogP contribution in [0.5, 0.6) is 0 Å². The Morgan fingerprint density at radius 1 is 1.32 bits per heavy atom. The Kier molecular flexibility index (Phi) is 9.14. The van der Waals surface area contributed by atoms with Crippen molar-refractivity contribution in [2.24, 2.45) is 5.92 Å². The fourth-order valence-electron chi connectivity index (χ4n) is 4.18. The number of carboxylic acid groups (broad SMARTS) is 1. The standard InChI is InChI=1S/C24H35N5O5/c1-17-12-28(18(2)15-30)23(31)5-4-10-29-21(11-25-26-29)16-34-22(17)14-27(3)13-19-6-8-20(9-7-19)24(32)33/h6-9,11,17-18,22,30H,4-5,10,12-16H2,1-3H3,(H,32,33)/t17-,18-,22-/m0/s1. The zero-order valence-electron chi connectivity index (χ0n) is 20.1. The highest BCUT2D eigenvalue weighted by Crippen LogP contribution is 2.19. The van der Waals surface area contributed by atoms with Crippen molar-refractivity contribution in [1.29, 1.82) is 0 Å². The summed E-state index contributed by atoms with van der Waals surface area (Å²) >= 11 is 0. The molecule has 2 aromatic rings. The topological polar surface area (TPSA) is 121 Å². The predicted octanol–water partition coefficient (Wildman–Crippen LogP) is 1.63. The third kappa shape index (κ3) is 6.85. The van der Waals surface area contributed by atoms with Gasteiger partial charge in [-0.15, -0.1) is 5.10 Å². The highest BCUT2D eigenvalue weighted by Gasteiger charge is 2.28. The Hall–Kier alpha value is -2.82. The number of carbonyl (C=O) groups is 2. The van der Waals surface area contributed by atoms with E-state index in [9.17, 15) is 14.7 Å². The van der Waals surface area contributed by atoms with Crippen LogP contribution in [0.2, 0.25) is 0 Å². The lowest BCUT2D eigenvalue weighted by atomic mass is 10.0. The maximum Gasteiger partial charge on any atom is 0.335 e. The molecule has 1 amide bonds. The van der Waals surface area contributed by atoms with E-state index in [1.54, 1.807) is 27.9 Å².